The highest BCUT2D eigenvalue weighted by molar-refractivity contribution is 6.01. The van der Waals surface area contributed by atoms with Gasteiger partial charge in [0.25, 0.3) is 5.56 Å². The molecule has 0 fully saturated rings. The van der Waals surface area contributed by atoms with Gasteiger partial charge in [0, 0.05) is 13.6 Å². The molecule has 1 heterocycles. The summed E-state index contributed by atoms with van der Waals surface area (Å²) in [5.74, 6) is -1.46. The number of aromatic nitrogens is 2. The van der Waals surface area contributed by atoms with Gasteiger partial charge in [-0.15, -0.1) is 0 Å². The summed E-state index contributed by atoms with van der Waals surface area (Å²) < 4.78 is 7.06. The van der Waals surface area contributed by atoms with Crippen molar-refractivity contribution in [3.63, 3.8) is 0 Å². The zero-order valence-electron chi connectivity index (χ0n) is 16.5. The first-order valence-corrected chi connectivity index (χ1v) is 8.96. The summed E-state index contributed by atoms with van der Waals surface area (Å²) in [4.78, 5) is 49.2. The lowest BCUT2D eigenvalue weighted by Gasteiger charge is -2.16. The number of hydrogen-bond acceptors (Lipinski definition) is 6. The molecule has 28 heavy (non-hydrogen) atoms. The van der Waals surface area contributed by atoms with Gasteiger partial charge in [0.1, 0.15) is 11.4 Å². The molecule has 8 heteroatoms. The molecule has 8 nitrogen and oxygen atoms in total. The van der Waals surface area contributed by atoms with Crippen molar-refractivity contribution >= 4 is 17.6 Å². The summed E-state index contributed by atoms with van der Waals surface area (Å²) in [5.41, 5.74) is 5.93. The van der Waals surface area contributed by atoms with Crippen LogP contribution in [0.5, 0.6) is 0 Å². The second kappa shape index (κ2) is 8.69. The fourth-order valence-corrected chi connectivity index (χ4v) is 2.82. The largest absolute Gasteiger partial charge is 0.457 e. The number of aryl methyl sites for hydroxylation is 1. The van der Waals surface area contributed by atoms with Gasteiger partial charge in [0.2, 0.25) is 5.78 Å². The first-order valence-electron chi connectivity index (χ1n) is 8.96. The maximum Gasteiger partial charge on any atom is 0.332 e. The zero-order valence-corrected chi connectivity index (χ0v) is 16.5. The van der Waals surface area contributed by atoms with E-state index in [1.807, 2.05) is 39.0 Å². The summed E-state index contributed by atoms with van der Waals surface area (Å²) in [6.45, 7) is 5.27. The molecule has 0 saturated carbocycles. The van der Waals surface area contributed by atoms with Crippen LogP contribution in [0.1, 0.15) is 35.3 Å². The number of nitrogens with zero attached hydrogens (tertiary/aromatic N) is 2. The molecule has 0 spiro atoms. The predicted octanol–water partition coefficient (Wildman–Crippen LogP) is 1.06. The maximum atomic E-state index is 12.5. The Hall–Kier alpha value is -3.16. The maximum absolute atomic E-state index is 12.5. The van der Waals surface area contributed by atoms with E-state index in [-0.39, 0.29) is 30.3 Å². The number of hydrogen-bond donors (Lipinski definition) is 1. The Balaban J connectivity index is 2.21. The molecule has 1 aromatic carbocycles. The van der Waals surface area contributed by atoms with Crippen molar-refractivity contribution in [1.82, 2.24) is 9.13 Å². The Kier molecular flexibility index (Phi) is 6.56. The SMILES string of the molecule is Cc1ccccc1CC(=O)OCC(=O)c1c(N)n(CC(C)C)c(=O)n(C)c1=O. The van der Waals surface area contributed by atoms with Crippen LogP contribution in [0.3, 0.4) is 0 Å². The fourth-order valence-electron chi connectivity index (χ4n) is 2.82. The quantitative estimate of drug-likeness (QED) is 0.561. The topological polar surface area (TPSA) is 113 Å². The van der Waals surface area contributed by atoms with E-state index in [4.69, 9.17) is 10.5 Å². The minimum atomic E-state index is -0.803. The third kappa shape index (κ3) is 4.57. The van der Waals surface area contributed by atoms with E-state index in [9.17, 15) is 19.2 Å². The average Bonchev–Trinajstić information content (AvgIpc) is 2.64. The van der Waals surface area contributed by atoms with Gasteiger partial charge >= 0.3 is 11.7 Å². The summed E-state index contributed by atoms with van der Waals surface area (Å²) in [6, 6.07) is 7.34. The molecule has 0 saturated heterocycles. The Labute approximate surface area is 162 Å². The van der Waals surface area contributed by atoms with Crippen LogP contribution in [0.2, 0.25) is 0 Å². The number of rotatable bonds is 7. The summed E-state index contributed by atoms with van der Waals surface area (Å²) in [6.07, 6.45) is 0.0142. The number of ether oxygens (including phenoxy) is 1. The summed E-state index contributed by atoms with van der Waals surface area (Å²) in [5, 5.41) is 0. The normalized spacial score (nSPS) is 10.9. The van der Waals surface area contributed by atoms with Gasteiger partial charge in [-0.25, -0.2) is 4.79 Å². The van der Waals surface area contributed by atoms with Crippen molar-refractivity contribution in [3.05, 3.63) is 61.8 Å². The summed E-state index contributed by atoms with van der Waals surface area (Å²) in [7, 11) is 1.28. The predicted molar refractivity (Wildman–Crippen MR) is 105 cm³/mol. The Morgan fingerprint density at radius 1 is 1.18 bits per heavy atom. The Bertz CT molecular complexity index is 1020. The van der Waals surface area contributed by atoms with Crippen molar-refractivity contribution in [1.29, 1.82) is 0 Å². The standard InChI is InChI=1S/C20H25N3O5/c1-12(2)10-23-18(21)17(19(26)22(4)20(23)27)15(24)11-28-16(25)9-14-8-6-5-7-13(14)3/h5-8,12H,9-11,21H2,1-4H3. The number of benzene rings is 1. The van der Waals surface area contributed by atoms with Gasteiger partial charge in [-0.05, 0) is 24.0 Å². The number of carbonyl (C=O) groups is 2. The second-order valence-corrected chi connectivity index (χ2v) is 7.10. The number of Topliss-reactive ketones (excluding diaryl/α,β-unsaturated/α-hetero) is 1. The van der Waals surface area contributed by atoms with Crippen molar-refractivity contribution in [2.45, 2.75) is 33.7 Å². The van der Waals surface area contributed by atoms with E-state index in [1.165, 1.54) is 11.6 Å². The lowest BCUT2D eigenvalue weighted by atomic mass is 10.1. The molecule has 0 amide bonds. The van der Waals surface area contributed by atoms with Crippen LogP contribution >= 0.6 is 0 Å². The lowest BCUT2D eigenvalue weighted by molar-refractivity contribution is -0.141. The number of nitrogen functional groups attached to an aromatic ring is 1. The van der Waals surface area contributed by atoms with Gasteiger partial charge in [-0.3, -0.25) is 23.5 Å². The van der Waals surface area contributed by atoms with E-state index in [0.29, 0.717) is 0 Å². The van der Waals surface area contributed by atoms with E-state index in [1.54, 1.807) is 6.07 Å². The number of nitrogens with two attached hydrogens (primary N) is 1. The number of esters is 1. The monoisotopic (exact) mass is 387 g/mol. The van der Waals surface area contributed by atoms with Gasteiger partial charge in [0.15, 0.2) is 6.61 Å². The van der Waals surface area contributed by atoms with E-state index >= 15 is 0 Å². The molecule has 0 aliphatic carbocycles. The zero-order chi connectivity index (χ0) is 21.0. The number of carbonyl (C=O) groups excluding carboxylic acids is 2. The first-order chi connectivity index (χ1) is 13.1. The molecule has 2 aromatic rings. The third-order valence-corrected chi connectivity index (χ3v) is 4.37. The van der Waals surface area contributed by atoms with Crippen molar-refractivity contribution < 1.29 is 14.3 Å². The second-order valence-electron chi connectivity index (χ2n) is 7.10. The number of ketones is 1. The molecule has 0 radical (unpaired) electrons. The molecular formula is C20H25N3O5. The fraction of sp³-hybridized carbons (Fsp3) is 0.400. The minimum Gasteiger partial charge on any atom is -0.457 e. The van der Waals surface area contributed by atoms with Crippen molar-refractivity contribution in [3.8, 4) is 0 Å². The molecule has 150 valence electrons. The van der Waals surface area contributed by atoms with Crippen LogP contribution in [0.15, 0.2) is 33.9 Å². The van der Waals surface area contributed by atoms with Crippen LogP contribution < -0.4 is 17.0 Å². The van der Waals surface area contributed by atoms with Crippen LogP contribution in [0, 0.1) is 12.8 Å². The molecule has 1 aromatic heterocycles. The highest BCUT2D eigenvalue weighted by Crippen LogP contribution is 2.11. The van der Waals surface area contributed by atoms with E-state index in [0.717, 1.165) is 15.7 Å². The average molecular weight is 387 g/mol. The van der Waals surface area contributed by atoms with Crippen molar-refractivity contribution in [2.24, 2.45) is 13.0 Å². The van der Waals surface area contributed by atoms with Crippen molar-refractivity contribution in [2.75, 3.05) is 12.3 Å². The molecule has 0 atom stereocenters. The first kappa shape index (κ1) is 21.1. The van der Waals surface area contributed by atoms with E-state index in [2.05, 4.69) is 0 Å². The highest BCUT2D eigenvalue weighted by Gasteiger charge is 2.23. The molecule has 2 rings (SSSR count). The van der Waals surface area contributed by atoms with Gasteiger partial charge in [-0.2, -0.15) is 0 Å². The molecule has 0 unspecified atom stereocenters. The van der Waals surface area contributed by atoms with E-state index < -0.39 is 29.6 Å². The number of anilines is 1. The third-order valence-electron chi connectivity index (χ3n) is 4.37. The van der Waals surface area contributed by atoms with Gasteiger partial charge < -0.3 is 10.5 Å². The Morgan fingerprint density at radius 3 is 2.43 bits per heavy atom. The molecular weight excluding hydrogens is 362 g/mol. The summed E-state index contributed by atoms with van der Waals surface area (Å²) >= 11 is 0. The molecule has 0 aliphatic heterocycles. The Morgan fingerprint density at radius 2 is 1.82 bits per heavy atom. The molecule has 0 aliphatic rings. The molecule has 0 bridgehead atoms. The lowest BCUT2D eigenvalue weighted by Crippen LogP contribution is -2.43. The minimum absolute atomic E-state index is 0.0142. The van der Waals surface area contributed by atoms with Crippen LogP contribution in [0.25, 0.3) is 0 Å². The van der Waals surface area contributed by atoms with Crippen LogP contribution in [-0.2, 0) is 29.5 Å². The van der Waals surface area contributed by atoms with Crippen LogP contribution in [-0.4, -0.2) is 27.5 Å². The van der Waals surface area contributed by atoms with Gasteiger partial charge in [-0.1, -0.05) is 38.1 Å². The van der Waals surface area contributed by atoms with Crippen LogP contribution in [0.4, 0.5) is 5.82 Å². The smallest absolute Gasteiger partial charge is 0.332 e. The van der Waals surface area contributed by atoms with Gasteiger partial charge in [0.05, 0.1) is 6.42 Å². The highest BCUT2D eigenvalue weighted by atomic mass is 16.5. The molecule has 2 N–H and O–H groups in total.